The average Bonchev–Trinajstić information content (AvgIpc) is 2.53. The Morgan fingerprint density at radius 1 is 1.53 bits per heavy atom. The number of hydrogen-bond acceptors (Lipinski definition) is 3. The fourth-order valence-electron chi connectivity index (χ4n) is 2.09. The van der Waals surface area contributed by atoms with Crippen LogP contribution in [0.2, 0.25) is 0 Å². The van der Waals surface area contributed by atoms with Crippen molar-refractivity contribution in [3.8, 4) is 0 Å². The first-order chi connectivity index (χ1) is 7.69. The van der Waals surface area contributed by atoms with Gasteiger partial charge in [0.2, 0.25) is 5.91 Å². The molecule has 0 aromatic heterocycles. The second-order valence-electron chi connectivity index (χ2n) is 4.49. The molecule has 1 heterocycles. The predicted octanol–water partition coefficient (Wildman–Crippen LogP) is 2.14. The summed E-state index contributed by atoms with van der Waals surface area (Å²) in [5.74, 6) is 1.36. The molecule has 0 aromatic rings. The van der Waals surface area contributed by atoms with Gasteiger partial charge < -0.3 is 10.6 Å². The van der Waals surface area contributed by atoms with Crippen molar-refractivity contribution in [3.63, 3.8) is 0 Å². The van der Waals surface area contributed by atoms with Crippen molar-refractivity contribution in [1.29, 1.82) is 0 Å². The Balaban J connectivity index is 0.00000256. The Bertz CT molecular complexity index is 229. The van der Waals surface area contributed by atoms with Gasteiger partial charge in [-0.3, -0.25) is 4.79 Å². The second kappa shape index (κ2) is 9.06. The van der Waals surface area contributed by atoms with E-state index in [1.165, 1.54) is 12.8 Å². The lowest BCUT2D eigenvalue weighted by atomic mass is 10.1. The average molecular weight is 281 g/mol. The summed E-state index contributed by atoms with van der Waals surface area (Å²) < 4.78 is 0. The van der Waals surface area contributed by atoms with Crippen LogP contribution >= 0.6 is 24.2 Å². The molecule has 1 fully saturated rings. The molecule has 5 heteroatoms. The van der Waals surface area contributed by atoms with Crippen LogP contribution in [0.3, 0.4) is 0 Å². The summed E-state index contributed by atoms with van der Waals surface area (Å²) >= 11 is 1.98. The number of amides is 1. The molecule has 1 rings (SSSR count). The molecule has 0 bridgehead atoms. The highest BCUT2D eigenvalue weighted by Crippen LogP contribution is 2.22. The quantitative estimate of drug-likeness (QED) is 0.858. The summed E-state index contributed by atoms with van der Waals surface area (Å²) in [7, 11) is 0. The molecule has 102 valence electrons. The SMILES string of the molecule is CCSC1CCCCN(C(=O)C(C)CN)C1.Cl. The van der Waals surface area contributed by atoms with E-state index >= 15 is 0 Å². The summed E-state index contributed by atoms with van der Waals surface area (Å²) in [6.07, 6.45) is 3.64. The van der Waals surface area contributed by atoms with Gasteiger partial charge in [-0.25, -0.2) is 0 Å². The maximum Gasteiger partial charge on any atom is 0.226 e. The van der Waals surface area contributed by atoms with Crippen molar-refractivity contribution in [2.75, 3.05) is 25.4 Å². The minimum atomic E-state index is -0.0228. The lowest BCUT2D eigenvalue weighted by Gasteiger charge is -2.26. The van der Waals surface area contributed by atoms with E-state index in [2.05, 4.69) is 6.92 Å². The van der Waals surface area contributed by atoms with Crippen molar-refractivity contribution in [2.24, 2.45) is 11.7 Å². The van der Waals surface area contributed by atoms with E-state index in [0.29, 0.717) is 11.8 Å². The Kier molecular flexibility index (Phi) is 9.10. The first kappa shape index (κ1) is 17.1. The van der Waals surface area contributed by atoms with Crippen LogP contribution in [-0.4, -0.2) is 41.4 Å². The zero-order chi connectivity index (χ0) is 12.0. The van der Waals surface area contributed by atoms with E-state index in [1.54, 1.807) is 0 Å². The van der Waals surface area contributed by atoms with Crippen molar-refractivity contribution in [3.05, 3.63) is 0 Å². The number of rotatable bonds is 4. The van der Waals surface area contributed by atoms with Crippen molar-refractivity contribution in [2.45, 2.75) is 38.4 Å². The van der Waals surface area contributed by atoms with E-state index < -0.39 is 0 Å². The standard InChI is InChI=1S/C12H24N2OS.ClH/c1-3-16-11-6-4-5-7-14(9-11)12(15)10(2)8-13;/h10-11H,3-9,13H2,1-2H3;1H. The minimum Gasteiger partial charge on any atom is -0.341 e. The molecule has 1 saturated heterocycles. The molecule has 2 N–H and O–H groups in total. The second-order valence-corrected chi connectivity index (χ2v) is 6.07. The lowest BCUT2D eigenvalue weighted by molar-refractivity contribution is -0.134. The van der Waals surface area contributed by atoms with Gasteiger partial charge in [0.1, 0.15) is 0 Å². The van der Waals surface area contributed by atoms with Crippen LogP contribution in [0.25, 0.3) is 0 Å². The number of nitrogens with zero attached hydrogens (tertiary/aromatic N) is 1. The lowest BCUT2D eigenvalue weighted by Crippen LogP contribution is -2.40. The maximum atomic E-state index is 12.1. The summed E-state index contributed by atoms with van der Waals surface area (Å²) in [6, 6.07) is 0. The normalized spacial score (nSPS) is 22.5. The smallest absolute Gasteiger partial charge is 0.226 e. The van der Waals surface area contributed by atoms with Gasteiger partial charge in [0.05, 0.1) is 0 Å². The molecule has 2 unspecified atom stereocenters. The van der Waals surface area contributed by atoms with Crippen LogP contribution in [0.5, 0.6) is 0 Å². The summed E-state index contributed by atoms with van der Waals surface area (Å²) in [5, 5.41) is 0.626. The third kappa shape index (κ3) is 5.49. The zero-order valence-electron chi connectivity index (χ0n) is 10.9. The van der Waals surface area contributed by atoms with E-state index in [9.17, 15) is 4.79 Å². The van der Waals surface area contributed by atoms with Gasteiger partial charge in [-0.1, -0.05) is 20.3 Å². The van der Waals surface area contributed by atoms with E-state index in [-0.39, 0.29) is 24.2 Å². The molecule has 2 atom stereocenters. The van der Waals surface area contributed by atoms with Crippen LogP contribution in [-0.2, 0) is 4.79 Å². The molecule has 1 aliphatic heterocycles. The first-order valence-electron chi connectivity index (χ1n) is 6.29. The molecule has 0 saturated carbocycles. The van der Waals surface area contributed by atoms with Crippen LogP contribution in [0.15, 0.2) is 0 Å². The van der Waals surface area contributed by atoms with Gasteiger partial charge in [-0.05, 0) is 18.6 Å². The minimum absolute atomic E-state index is 0. The van der Waals surface area contributed by atoms with E-state index in [4.69, 9.17) is 5.73 Å². The first-order valence-corrected chi connectivity index (χ1v) is 7.34. The fourth-order valence-corrected chi connectivity index (χ4v) is 3.18. The van der Waals surface area contributed by atoms with Crippen molar-refractivity contribution >= 4 is 30.1 Å². The largest absolute Gasteiger partial charge is 0.341 e. The predicted molar refractivity (Wildman–Crippen MR) is 77.8 cm³/mol. The van der Waals surface area contributed by atoms with E-state index in [0.717, 1.165) is 25.3 Å². The number of carbonyl (C=O) groups is 1. The number of carbonyl (C=O) groups excluding carboxylic acids is 1. The molecule has 3 nitrogen and oxygen atoms in total. The molecule has 0 spiro atoms. The third-order valence-corrected chi connectivity index (χ3v) is 4.31. The van der Waals surface area contributed by atoms with Gasteiger partial charge in [-0.15, -0.1) is 12.4 Å². The van der Waals surface area contributed by atoms with Crippen LogP contribution in [0, 0.1) is 5.92 Å². The fraction of sp³-hybridized carbons (Fsp3) is 0.917. The Labute approximate surface area is 115 Å². The van der Waals surface area contributed by atoms with E-state index in [1.807, 2.05) is 23.6 Å². The highest BCUT2D eigenvalue weighted by atomic mass is 35.5. The van der Waals surface area contributed by atoms with Gasteiger partial charge >= 0.3 is 0 Å². The van der Waals surface area contributed by atoms with Crippen LogP contribution in [0.4, 0.5) is 0 Å². The third-order valence-electron chi connectivity index (χ3n) is 3.12. The number of thioether (sulfide) groups is 1. The Morgan fingerprint density at radius 3 is 2.82 bits per heavy atom. The van der Waals surface area contributed by atoms with Gasteiger partial charge in [-0.2, -0.15) is 11.8 Å². The molecule has 1 amide bonds. The van der Waals surface area contributed by atoms with Crippen LogP contribution < -0.4 is 5.73 Å². The molecule has 0 aromatic carbocycles. The van der Waals surface area contributed by atoms with Gasteiger partial charge in [0.25, 0.3) is 0 Å². The number of nitrogens with two attached hydrogens (primary N) is 1. The summed E-state index contributed by atoms with van der Waals surface area (Å²) in [6.45, 7) is 6.41. The number of hydrogen-bond donors (Lipinski definition) is 1. The molecule has 17 heavy (non-hydrogen) atoms. The van der Waals surface area contributed by atoms with Crippen molar-refractivity contribution < 1.29 is 4.79 Å². The molecule has 1 aliphatic rings. The summed E-state index contributed by atoms with van der Waals surface area (Å²) in [5.41, 5.74) is 5.56. The van der Waals surface area contributed by atoms with Crippen molar-refractivity contribution in [1.82, 2.24) is 4.90 Å². The highest BCUT2D eigenvalue weighted by Gasteiger charge is 2.24. The Hall–Kier alpha value is 0.0700. The van der Waals surface area contributed by atoms with Gasteiger partial charge in [0.15, 0.2) is 0 Å². The number of likely N-dealkylation sites (tertiary alicyclic amines) is 1. The molecule has 0 aliphatic carbocycles. The zero-order valence-corrected chi connectivity index (χ0v) is 12.5. The molecular weight excluding hydrogens is 256 g/mol. The molecular formula is C12H25ClN2OS. The Morgan fingerprint density at radius 2 is 2.24 bits per heavy atom. The van der Waals surface area contributed by atoms with Crippen LogP contribution in [0.1, 0.15) is 33.1 Å². The maximum absolute atomic E-state index is 12.1. The topological polar surface area (TPSA) is 46.3 Å². The molecule has 0 radical (unpaired) electrons. The number of halogens is 1. The monoisotopic (exact) mass is 280 g/mol. The highest BCUT2D eigenvalue weighted by molar-refractivity contribution is 7.99. The summed E-state index contributed by atoms with van der Waals surface area (Å²) in [4.78, 5) is 14.1. The van der Waals surface area contributed by atoms with Gasteiger partial charge in [0, 0.05) is 30.8 Å².